The van der Waals surface area contributed by atoms with Crippen molar-refractivity contribution >= 4 is 23.4 Å². The minimum atomic E-state index is -0.242. The third kappa shape index (κ3) is 4.82. The van der Waals surface area contributed by atoms with Gasteiger partial charge in [0.15, 0.2) is 0 Å². The van der Waals surface area contributed by atoms with Crippen LogP contribution >= 0.6 is 11.6 Å². The van der Waals surface area contributed by atoms with Gasteiger partial charge in [-0.3, -0.25) is 9.59 Å². The van der Waals surface area contributed by atoms with E-state index < -0.39 is 0 Å². The molecule has 2 unspecified atom stereocenters. The number of nitrogens with one attached hydrogen (secondary N) is 1. The van der Waals surface area contributed by atoms with Crippen molar-refractivity contribution in [1.82, 2.24) is 15.1 Å². The van der Waals surface area contributed by atoms with Crippen molar-refractivity contribution in [2.45, 2.75) is 50.6 Å². The Kier molecular flexibility index (Phi) is 6.77. The van der Waals surface area contributed by atoms with E-state index >= 15 is 0 Å². The summed E-state index contributed by atoms with van der Waals surface area (Å²) in [7, 11) is 3.95. The molecule has 1 heterocycles. The summed E-state index contributed by atoms with van der Waals surface area (Å²) in [6.07, 6.45) is 6.13. The second kappa shape index (κ2) is 9.07. The number of amides is 2. The molecular weight excluding hydrogens is 362 g/mol. The summed E-state index contributed by atoms with van der Waals surface area (Å²) in [5.74, 6) is -0.133. The van der Waals surface area contributed by atoms with Crippen LogP contribution in [0.15, 0.2) is 24.3 Å². The average molecular weight is 392 g/mol. The molecule has 2 amide bonds. The second-order valence-electron chi connectivity index (χ2n) is 7.99. The van der Waals surface area contributed by atoms with Crippen molar-refractivity contribution in [3.05, 3.63) is 34.9 Å². The Bertz CT molecular complexity index is 673. The number of likely N-dealkylation sites (N-methyl/N-ethyl adjacent to an activating group) is 1. The molecule has 148 valence electrons. The van der Waals surface area contributed by atoms with Gasteiger partial charge >= 0.3 is 0 Å². The van der Waals surface area contributed by atoms with E-state index in [9.17, 15) is 9.59 Å². The molecule has 1 saturated carbocycles. The van der Waals surface area contributed by atoms with E-state index in [4.69, 9.17) is 11.6 Å². The first kappa shape index (κ1) is 20.2. The number of carbonyl (C=O) groups excluding carboxylic acids is 2. The Morgan fingerprint density at radius 3 is 2.63 bits per heavy atom. The van der Waals surface area contributed by atoms with Crippen LogP contribution in [0, 0.1) is 5.92 Å². The fraction of sp³-hybridized carbons (Fsp3) is 0.619. The summed E-state index contributed by atoms with van der Waals surface area (Å²) >= 11 is 6.34. The maximum Gasteiger partial charge on any atom is 0.225 e. The fourth-order valence-corrected chi connectivity index (χ4v) is 4.57. The lowest BCUT2D eigenvalue weighted by Gasteiger charge is -2.31. The van der Waals surface area contributed by atoms with E-state index in [1.54, 1.807) is 0 Å². The van der Waals surface area contributed by atoms with E-state index in [0.29, 0.717) is 30.6 Å². The van der Waals surface area contributed by atoms with Crippen molar-refractivity contribution in [2.24, 2.45) is 5.92 Å². The summed E-state index contributed by atoms with van der Waals surface area (Å²) in [4.78, 5) is 29.2. The smallest absolute Gasteiger partial charge is 0.225 e. The first-order valence-corrected chi connectivity index (χ1v) is 10.3. The number of hydrogen-bond donors (Lipinski definition) is 1. The zero-order chi connectivity index (χ0) is 19.4. The maximum atomic E-state index is 12.7. The molecular formula is C21H30ClN3O2. The Balaban J connectivity index is 1.58. The standard InChI is InChI=1S/C21H30ClN3O2/c1-24(2)19(17-10-6-7-11-18(17)22)13-23-21(27)15-12-20(26)25(14-15)16-8-4-3-5-9-16/h6-7,10-11,15-16,19H,3-5,8-9,12-14H2,1-2H3,(H,23,27). The molecule has 3 rings (SSSR count). The van der Waals surface area contributed by atoms with Gasteiger partial charge in [-0.05, 0) is 38.6 Å². The van der Waals surface area contributed by atoms with Gasteiger partial charge in [-0.1, -0.05) is 49.1 Å². The molecule has 1 aliphatic carbocycles. The highest BCUT2D eigenvalue weighted by atomic mass is 35.5. The molecule has 2 aliphatic rings. The highest BCUT2D eigenvalue weighted by Crippen LogP contribution is 2.29. The zero-order valence-corrected chi connectivity index (χ0v) is 17.0. The van der Waals surface area contributed by atoms with Crippen LogP contribution in [-0.2, 0) is 9.59 Å². The lowest BCUT2D eigenvalue weighted by Crippen LogP contribution is -2.40. The van der Waals surface area contributed by atoms with E-state index in [0.717, 1.165) is 18.4 Å². The van der Waals surface area contributed by atoms with Gasteiger partial charge in [-0.15, -0.1) is 0 Å². The Morgan fingerprint density at radius 1 is 1.26 bits per heavy atom. The summed E-state index contributed by atoms with van der Waals surface area (Å²) < 4.78 is 0. The largest absolute Gasteiger partial charge is 0.354 e. The minimum Gasteiger partial charge on any atom is -0.354 e. The fourth-order valence-electron chi connectivity index (χ4n) is 4.31. The van der Waals surface area contributed by atoms with E-state index in [1.165, 1.54) is 19.3 Å². The predicted octanol–water partition coefficient (Wildman–Crippen LogP) is 3.24. The molecule has 5 nitrogen and oxygen atoms in total. The average Bonchev–Trinajstić information content (AvgIpc) is 3.05. The second-order valence-corrected chi connectivity index (χ2v) is 8.39. The predicted molar refractivity (Wildman–Crippen MR) is 108 cm³/mol. The molecule has 1 N–H and O–H groups in total. The molecule has 2 fully saturated rings. The van der Waals surface area contributed by atoms with E-state index in [2.05, 4.69) is 10.2 Å². The molecule has 6 heteroatoms. The van der Waals surface area contributed by atoms with Crippen LogP contribution in [-0.4, -0.2) is 54.8 Å². The molecule has 1 aliphatic heterocycles. The number of hydrogen-bond acceptors (Lipinski definition) is 3. The van der Waals surface area contributed by atoms with Gasteiger partial charge in [0.1, 0.15) is 0 Å². The van der Waals surface area contributed by atoms with Crippen molar-refractivity contribution in [3.63, 3.8) is 0 Å². The highest BCUT2D eigenvalue weighted by molar-refractivity contribution is 6.31. The molecule has 0 bridgehead atoms. The van der Waals surface area contributed by atoms with E-state index in [1.807, 2.05) is 43.3 Å². The Morgan fingerprint density at radius 2 is 1.96 bits per heavy atom. The normalized spacial score (nSPS) is 22.3. The maximum absolute atomic E-state index is 12.7. The first-order valence-electron chi connectivity index (χ1n) is 9.95. The first-order chi connectivity index (χ1) is 13.0. The van der Waals surface area contributed by atoms with Crippen LogP contribution in [0.4, 0.5) is 0 Å². The number of benzene rings is 1. The Hall–Kier alpha value is -1.59. The number of likely N-dealkylation sites (tertiary alicyclic amines) is 1. The summed E-state index contributed by atoms with van der Waals surface area (Å²) in [5, 5.41) is 3.76. The summed E-state index contributed by atoms with van der Waals surface area (Å²) in [6, 6.07) is 8.05. The highest BCUT2D eigenvalue weighted by Gasteiger charge is 2.38. The van der Waals surface area contributed by atoms with Crippen LogP contribution in [0.2, 0.25) is 5.02 Å². The SMILES string of the molecule is CN(C)C(CNC(=O)C1CC(=O)N(C2CCCCC2)C1)c1ccccc1Cl. The van der Waals surface area contributed by atoms with Crippen LogP contribution in [0.25, 0.3) is 0 Å². The van der Waals surface area contributed by atoms with Crippen molar-refractivity contribution in [3.8, 4) is 0 Å². The lowest BCUT2D eigenvalue weighted by molar-refractivity contribution is -0.130. The molecule has 0 radical (unpaired) electrons. The van der Waals surface area contributed by atoms with Crippen molar-refractivity contribution in [2.75, 3.05) is 27.2 Å². The molecule has 1 saturated heterocycles. The molecule has 1 aromatic rings. The zero-order valence-electron chi connectivity index (χ0n) is 16.3. The van der Waals surface area contributed by atoms with Crippen LogP contribution in [0.1, 0.15) is 50.1 Å². The van der Waals surface area contributed by atoms with Gasteiger partial charge in [0.2, 0.25) is 11.8 Å². The van der Waals surface area contributed by atoms with Crippen LogP contribution in [0.3, 0.4) is 0 Å². The topological polar surface area (TPSA) is 52.7 Å². The summed E-state index contributed by atoms with van der Waals surface area (Å²) in [5.41, 5.74) is 0.996. The summed E-state index contributed by atoms with van der Waals surface area (Å²) in [6.45, 7) is 1.04. The van der Waals surface area contributed by atoms with Crippen LogP contribution in [0.5, 0.6) is 0 Å². The van der Waals surface area contributed by atoms with Crippen LogP contribution < -0.4 is 5.32 Å². The number of nitrogens with zero attached hydrogens (tertiary/aromatic N) is 2. The lowest BCUT2D eigenvalue weighted by atomic mass is 9.94. The van der Waals surface area contributed by atoms with Gasteiger partial charge in [-0.25, -0.2) is 0 Å². The van der Waals surface area contributed by atoms with Gasteiger partial charge < -0.3 is 15.1 Å². The molecule has 0 spiro atoms. The van der Waals surface area contributed by atoms with Gasteiger partial charge in [0.05, 0.1) is 12.0 Å². The quantitative estimate of drug-likeness (QED) is 0.809. The van der Waals surface area contributed by atoms with Crippen molar-refractivity contribution in [1.29, 1.82) is 0 Å². The van der Waals surface area contributed by atoms with Gasteiger partial charge in [0.25, 0.3) is 0 Å². The number of rotatable bonds is 6. The van der Waals surface area contributed by atoms with Gasteiger partial charge in [0, 0.05) is 30.6 Å². The minimum absolute atomic E-state index is 0.00537. The molecule has 27 heavy (non-hydrogen) atoms. The number of halogens is 1. The van der Waals surface area contributed by atoms with E-state index in [-0.39, 0.29) is 23.8 Å². The number of carbonyl (C=O) groups is 2. The van der Waals surface area contributed by atoms with Gasteiger partial charge in [-0.2, -0.15) is 0 Å². The molecule has 0 aromatic heterocycles. The van der Waals surface area contributed by atoms with Crippen molar-refractivity contribution < 1.29 is 9.59 Å². The Labute approximate surface area is 167 Å². The third-order valence-electron chi connectivity index (χ3n) is 5.90. The monoisotopic (exact) mass is 391 g/mol. The molecule has 2 atom stereocenters. The third-order valence-corrected chi connectivity index (χ3v) is 6.25. The molecule has 1 aromatic carbocycles.